The molecular formula is C28H32N6O2. The van der Waals surface area contributed by atoms with E-state index in [1.165, 1.54) is 0 Å². The maximum Gasteiger partial charge on any atom is 0.219 e. The minimum absolute atomic E-state index is 0.0397. The van der Waals surface area contributed by atoms with Crippen molar-refractivity contribution in [1.29, 1.82) is 0 Å². The standard InChI is InChI=1S/C28H32N6O2/c1-4-19-11-20-13-27(21-14-31-33(3)16-21)30-15-24(20)23(12-19)28(29)25-17-34(18(2)35)8-5-26(25)32-22-6-9-36-10-7-22/h4,11-16,22H,1,5-10,17,29H2,2-3H3. The van der Waals surface area contributed by atoms with E-state index in [9.17, 15) is 4.79 Å². The maximum absolute atomic E-state index is 12.3. The SMILES string of the molecule is C=Cc1cc(C(N)=C2CN(C(C)=O)CCC2=NC2CCOCC2)c2cnc(-c3cnn(C)c3)cc2c1. The lowest BCUT2D eigenvalue weighted by molar-refractivity contribution is -0.128. The van der Waals surface area contributed by atoms with Crippen LogP contribution in [0.2, 0.25) is 0 Å². The second kappa shape index (κ2) is 10.1. The van der Waals surface area contributed by atoms with Gasteiger partial charge in [-0.05, 0) is 42.0 Å². The van der Waals surface area contributed by atoms with E-state index in [0.29, 0.717) is 25.2 Å². The lowest BCUT2D eigenvalue weighted by Gasteiger charge is -2.31. The molecule has 2 fully saturated rings. The zero-order chi connectivity index (χ0) is 25.2. The summed E-state index contributed by atoms with van der Waals surface area (Å²) < 4.78 is 7.28. The Balaban J connectivity index is 1.64. The van der Waals surface area contributed by atoms with E-state index in [0.717, 1.165) is 70.5 Å². The van der Waals surface area contributed by atoms with Gasteiger partial charge in [0, 0.05) is 92.6 Å². The van der Waals surface area contributed by atoms with Crippen LogP contribution in [0.25, 0.3) is 33.8 Å². The predicted octanol–water partition coefficient (Wildman–Crippen LogP) is 3.82. The normalized spacial score (nSPS) is 19.6. The molecule has 1 aromatic carbocycles. The second-order valence-electron chi connectivity index (χ2n) is 9.47. The average Bonchev–Trinajstić information content (AvgIpc) is 3.34. The lowest BCUT2D eigenvalue weighted by Crippen LogP contribution is -2.40. The number of likely N-dealkylation sites (tertiary alicyclic amines) is 1. The van der Waals surface area contributed by atoms with Crippen molar-refractivity contribution in [3.05, 3.63) is 60.1 Å². The summed E-state index contributed by atoms with van der Waals surface area (Å²) in [7, 11) is 1.89. The maximum atomic E-state index is 12.3. The molecule has 5 rings (SSSR count). The minimum atomic E-state index is 0.0397. The third kappa shape index (κ3) is 4.81. The van der Waals surface area contributed by atoms with Crippen molar-refractivity contribution < 1.29 is 9.53 Å². The van der Waals surface area contributed by atoms with Crippen molar-refractivity contribution in [3.63, 3.8) is 0 Å². The molecule has 2 aliphatic heterocycles. The Bertz CT molecular complexity index is 1380. The van der Waals surface area contributed by atoms with Gasteiger partial charge in [-0.3, -0.25) is 19.5 Å². The number of carbonyl (C=O) groups is 1. The van der Waals surface area contributed by atoms with Crippen molar-refractivity contribution in [2.24, 2.45) is 17.8 Å². The molecule has 4 heterocycles. The van der Waals surface area contributed by atoms with Gasteiger partial charge in [-0.25, -0.2) is 0 Å². The number of hydrogen-bond donors (Lipinski definition) is 1. The quantitative estimate of drug-likeness (QED) is 0.607. The highest BCUT2D eigenvalue weighted by molar-refractivity contribution is 6.10. The number of benzene rings is 1. The number of carbonyl (C=O) groups excluding carboxylic acids is 1. The van der Waals surface area contributed by atoms with Gasteiger partial charge >= 0.3 is 0 Å². The van der Waals surface area contributed by atoms with Crippen LogP contribution in [0.5, 0.6) is 0 Å². The molecule has 36 heavy (non-hydrogen) atoms. The van der Waals surface area contributed by atoms with Crippen LogP contribution in [-0.2, 0) is 16.6 Å². The van der Waals surface area contributed by atoms with E-state index in [4.69, 9.17) is 20.4 Å². The van der Waals surface area contributed by atoms with Crippen LogP contribution in [-0.4, -0.2) is 63.6 Å². The topological polar surface area (TPSA) is 98.6 Å². The molecule has 0 bridgehead atoms. The summed E-state index contributed by atoms with van der Waals surface area (Å²) in [5.41, 5.74) is 13.1. The van der Waals surface area contributed by atoms with Gasteiger partial charge in [0.1, 0.15) is 0 Å². The number of pyridine rings is 1. The Hall–Kier alpha value is -3.78. The fourth-order valence-electron chi connectivity index (χ4n) is 4.94. The molecule has 8 heteroatoms. The molecule has 0 atom stereocenters. The first-order valence-electron chi connectivity index (χ1n) is 12.4. The second-order valence-corrected chi connectivity index (χ2v) is 9.47. The monoisotopic (exact) mass is 484 g/mol. The molecule has 2 saturated heterocycles. The van der Waals surface area contributed by atoms with Gasteiger partial charge in [-0.2, -0.15) is 5.10 Å². The molecule has 2 aromatic heterocycles. The zero-order valence-electron chi connectivity index (χ0n) is 20.9. The smallest absolute Gasteiger partial charge is 0.219 e. The number of hydrogen-bond acceptors (Lipinski definition) is 6. The molecule has 0 radical (unpaired) electrons. The number of aryl methyl sites for hydroxylation is 1. The highest BCUT2D eigenvalue weighted by atomic mass is 16.5. The van der Waals surface area contributed by atoms with Gasteiger partial charge in [0.05, 0.1) is 17.9 Å². The lowest BCUT2D eigenvalue weighted by atomic mass is 9.92. The van der Waals surface area contributed by atoms with E-state index in [-0.39, 0.29) is 11.9 Å². The van der Waals surface area contributed by atoms with Crippen molar-refractivity contribution in [1.82, 2.24) is 19.7 Å². The van der Waals surface area contributed by atoms with Crippen LogP contribution < -0.4 is 5.73 Å². The van der Waals surface area contributed by atoms with Gasteiger partial charge in [0.25, 0.3) is 0 Å². The fraction of sp³-hybridized carbons (Fsp3) is 0.357. The van der Waals surface area contributed by atoms with Gasteiger partial charge in [-0.1, -0.05) is 12.7 Å². The summed E-state index contributed by atoms with van der Waals surface area (Å²) in [6.07, 6.45) is 9.95. The van der Waals surface area contributed by atoms with Crippen molar-refractivity contribution in [3.8, 4) is 11.3 Å². The molecule has 2 N–H and O–H groups in total. The first-order chi connectivity index (χ1) is 17.4. The highest BCUT2D eigenvalue weighted by Crippen LogP contribution is 2.31. The molecule has 1 amide bonds. The molecule has 186 valence electrons. The summed E-state index contributed by atoms with van der Waals surface area (Å²) in [6, 6.07) is 6.41. The third-order valence-corrected chi connectivity index (χ3v) is 7.00. The average molecular weight is 485 g/mol. The molecule has 0 aliphatic carbocycles. The Morgan fingerprint density at radius 3 is 2.75 bits per heavy atom. The summed E-state index contributed by atoms with van der Waals surface area (Å²) in [6.45, 7) is 8.15. The number of rotatable bonds is 4. The summed E-state index contributed by atoms with van der Waals surface area (Å²) >= 11 is 0. The number of amides is 1. The van der Waals surface area contributed by atoms with Crippen LogP contribution in [0.1, 0.15) is 37.3 Å². The number of piperidine rings is 1. The number of nitrogens with two attached hydrogens (primary N) is 1. The first kappa shape index (κ1) is 23.9. The summed E-state index contributed by atoms with van der Waals surface area (Å²) in [5.74, 6) is 0.0397. The number of ether oxygens (including phenoxy) is 1. The largest absolute Gasteiger partial charge is 0.398 e. The Morgan fingerprint density at radius 2 is 2.06 bits per heavy atom. The van der Waals surface area contributed by atoms with Crippen LogP contribution >= 0.6 is 0 Å². The van der Waals surface area contributed by atoms with Crippen LogP contribution in [0.3, 0.4) is 0 Å². The Morgan fingerprint density at radius 1 is 1.25 bits per heavy atom. The Labute approximate surface area is 211 Å². The molecule has 0 saturated carbocycles. The van der Waals surface area contributed by atoms with Gasteiger partial charge in [0.2, 0.25) is 5.91 Å². The molecular weight excluding hydrogens is 452 g/mol. The molecule has 0 unspecified atom stereocenters. The minimum Gasteiger partial charge on any atom is -0.398 e. The van der Waals surface area contributed by atoms with Gasteiger partial charge < -0.3 is 15.4 Å². The summed E-state index contributed by atoms with van der Waals surface area (Å²) in [5, 5.41) is 6.23. The number of nitrogens with zero attached hydrogens (tertiary/aromatic N) is 5. The van der Waals surface area contributed by atoms with E-state index >= 15 is 0 Å². The van der Waals surface area contributed by atoms with Crippen molar-refractivity contribution in [2.45, 2.75) is 32.2 Å². The molecule has 2 aliphatic rings. The third-order valence-electron chi connectivity index (χ3n) is 7.00. The zero-order valence-corrected chi connectivity index (χ0v) is 20.9. The van der Waals surface area contributed by atoms with Crippen molar-refractivity contribution in [2.75, 3.05) is 26.3 Å². The van der Waals surface area contributed by atoms with Gasteiger partial charge in [0.15, 0.2) is 0 Å². The Kier molecular flexibility index (Phi) is 6.69. The van der Waals surface area contributed by atoms with Crippen LogP contribution in [0, 0.1) is 0 Å². The van der Waals surface area contributed by atoms with Gasteiger partial charge in [-0.15, -0.1) is 0 Å². The van der Waals surface area contributed by atoms with Crippen LogP contribution in [0.4, 0.5) is 0 Å². The highest BCUT2D eigenvalue weighted by Gasteiger charge is 2.26. The number of fused-ring (bicyclic) bond motifs is 1. The molecule has 8 nitrogen and oxygen atoms in total. The fourth-order valence-corrected chi connectivity index (χ4v) is 4.94. The van der Waals surface area contributed by atoms with Crippen LogP contribution in [0.15, 0.2) is 53.9 Å². The molecule has 0 spiro atoms. The number of aliphatic imine (C=N–C) groups is 1. The predicted molar refractivity (Wildman–Crippen MR) is 143 cm³/mol. The summed E-state index contributed by atoms with van der Waals surface area (Å²) in [4.78, 5) is 23.9. The van der Waals surface area contributed by atoms with E-state index < -0.39 is 0 Å². The van der Waals surface area contributed by atoms with Crippen molar-refractivity contribution >= 4 is 34.2 Å². The number of aromatic nitrogens is 3. The first-order valence-corrected chi connectivity index (χ1v) is 12.4. The molecule has 3 aromatic rings. The van der Waals surface area contributed by atoms with E-state index in [1.807, 2.05) is 36.5 Å². The van der Waals surface area contributed by atoms with E-state index in [1.54, 1.807) is 17.8 Å². The van der Waals surface area contributed by atoms with E-state index in [2.05, 4.69) is 23.8 Å².